The van der Waals surface area contributed by atoms with Crippen LogP contribution in [0.2, 0.25) is 0 Å². The van der Waals surface area contributed by atoms with Gasteiger partial charge in [-0.25, -0.2) is 9.78 Å². The van der Waals surface area contributed by atoms with Gasteiger partial charge in [0.25, 0.3) is 0 Å². The van der Waals surface area contributed by atoms with E-state index in [0.29, 0.717) is 19.0 Å². The Labute approximate surface area is 134 Å². The first-order valence-corrected chi connectivity index (χ1v) is 7.60. The summed E-state index contributed by atoms with van der Waals surface area (Å²) in [5.41, 5.74) is 0.949. The molecule has 1 atom stereocenters. The minimum absolute atomic E-state index is 0.170. The number of carbonyl (C=O) groups excluding carboxylic acids is 1. The smallest absolute Gasteiger partial charge is 0.320 e. The highest BCUT2D eigenvalue weighted by Crippen LogP contribution is 2.32. The Hall–Kier alpha value is -2.76. The van der Waals surface area contributed by atoms with E-state index in [1.54, 1.807) is 18.3 Å². The Balaban J connectivity index is 1.65. The van der Waals surface area contributed by atoms with Crippen molar-refractivity contribution in [2.75, 3.05) is 18.5 Å². The quantitative estimate of drug-likeness (QED) is 0.913. The van der Waals surface area contributed by atoms with Gasteiger partial charge in [-0.1, -0.05) is 12.1 Å². The molecule has 1 aliphatic heterocycles. The van der Waals surface area contributed by atoms with Crippen molar-refractivity contribution in [2.24, 2.45) is 0 Å². The summed E-state index contributed by atoms with van der Waals surface area (Å²) in [6.07, 6.45) is 2.49. The van der Waals surface area contributed by atoms with Crippen LogP contribution >= 0.6 is 0 Å². The summed E-state index contributed by atoms with van der Waals surface area (Å²) in [6.45, 7) is 3.21. The predicted octanol–water partition coefficient (Wildman–Crippen LogP) is 3.13. The molecular formula is C17H19N3O3. The number of urea groups is 1. The number of hydrogen-bond acceptors (Lipinski definition) is 4. The fraction of sp³-hybridized carbons (Fsp3) is 0.294. The molecule has 0 bridgehead atoms. The number of benzene rings is 1. The molecule has 23 heavy (non-hydrogen) atoms. The average Bonchev–Trinajstić information content (AvgIpc) is 2.80. The number of carbonyl (C=O) groups is 1. The maximum atomic E-state index is 12.0. The Bertz CT molecular complexity index is 676. The van der Waals surface area contributed by atoms with Gasteiger partial charge >= 0.3 is 6.03 Å². The van der Waals surface area contributed by atoms with Gasteiger partial charge < -0.3 is 14.8 Å². The van der Waals surface area contributed by atoms with Crippen LogP contribution in [0.3, 0.4) is 0 Å². The van der Waals surface area contributed by atoms with Crippen molar-refractivity contribution in [2.45, 2.75) is 19.4 Å². The molecule has 2 N–H and O–H groups in total. The summed E-state index contributed by atoms with van der Waals surface area (Å²) in [5.74, 6) is 1.98. The highest BCUT2D eigenvalue weighted by Gasteiger charge is 2.15. The first kappa shape index (κ1) is 15.1. The second-order valence-electron chi connectivity index (χ2n) is 5.29. The zero-order chi connectivity index (χ0) is 16.1. The van der Waals surface area contributed by atoms with E-state index in [9.17, 15) is 4.79 Å². The second-order valence-corrected chi connectivity index (χ2v) is 5.29. The van der Waals surface area contributed by atoms with Crippen molar-refractivity contribution in [3.05, 3.63) is 48.2 Å². The van der Waals surface area contributed by atoms with E-state index in [4.69, 9.17) is 9.47 Å². The molecule has 0 saturated carbocycles. The number of nitrogens with one attached hydrogen (secondary N) is 2. The number of hydrogen-bond donors (Lipinski definition) is 2. The van der Waals surface area contributed by atoms with Crippen molar-refractivity contribution >= 4 is 11.8 Å². The van der Waals surface area contributed by atoms with Gasteiger partial charge in [0.15, 0.2) is 11.5 Å². The first-order chi connectivity index (χ1) is 11.2. The van der Waals surface area contributed by atoms with Gasteiger partial charge in [-0.05, 0) is 36.8 Å². The minimum atomic E-state index is -0.302. The number of ether oxygens (including phenoxy) is 2. The number of aromatic nitrogens is 1. The molecule has 2 heterocycles. The standard InChI is InChI=1S/C17H19N3O3/c1-12(19-17(21)20-16-5-2-3-8-18-16)13-6-7-14-15(11-13)23-10-4-9-22-14/h2-3,5-8,11-12H,4,9-10H2,1H3,(H2,18,19,20,21)/t12-/m0/s1. The molecule has 1 aromatic carbocycles. The lowest BCUT2D eigenvalue weighted by molar-refractivity contribution is 0.249. The van der Waals surface area contributed by atoms with Crippen LogP contribution in [-0.4, -0.2) is 24.2 Å². The van der Waals surface area contributed by atoms with E-state index in [1.807, 2.05) is 31.2 Å². The predicted molar refractivity (Wildman–Crippen MR) is 86.9 cm³/mol. The molecule has 0 spiro atoms. The minimum Gasteiger partial charge on any atom is -0.490 e. The molecule has 120 valence electrons. The van der Waals surface area contributed by atoms with Gasteiger partial charge in [-0.3, -0.25) is 5.32 Å². The van der Waals surface area contributed by atoms with Gasteiger partial charge in [0.2, 0.25) is 0 Å². The van der Waals surface area contributed by atoms with Crippen LogP contribution in [0.15, 0.2) is 42.6 Å². The maximum Gasteiger partial charge on any atom is 0.320 e. The van der Waals surface area contributed by atoms with E-state index in [0.717, 1.165) is 23.5 Å². The molecule has 2 amide bonds. The SMILES string of the molecule is C[C@H](NC(=O)Nc1ccccn1)c1ccc2c(c1)OCCCO2. The third-order valence-corrected chi connectivity index (χ3v) is 3.53. The van der Waals surface area contributed by atoms with Crippen LogP contribution in [0.1, 0.15) is 24.9 Å². The third-order valence-electron chi connectivity index (χ3n) is 3.53. The molecular weight excluding hydrogens is 294 g/mol. The highest BCUT2D eigenvalue weighted by atomic mass is 16.5. The molecule has 0 unspecified atom stereocenters. The lowest BCUT2D eigenvalue weighted by Gasteiger charge is -2.16. The third kappa shape index (κ3) is 3.91. The molecule has 0 fully saturated rings. The van der Waals surface area contributed by atoms with Crippen LogP contribution in [0.5, 0.6) is 11.5 Å². The van der Waals surface area contributed by atoms with Crippen molar-refractivity contribution in [3.63, 3.8) is 0 Å². The number of amides is 2. The van der Waals surface area contributed by atoms with E-state index < -0.39 is 0 Å². The molecule has 0 aliphatic carbocycles. The molecule has 6 heteroatoms. The van der Waals surface area contributed by atoms with Crippen molar-refractivity contribution < 1.29 is 14.3 Å². The maximum absolute atomic E-state index is 12.0. The van der Waals surface area contributed by atoms with Crippen molar-refractivity contribution in [1.82, 2.24) is 10.3 Å². The first-order valence-electron chi connectivity index (χ1n) is 7.60. The van der Waals surface area contributed by atoms with Gasteiger partial charge in [0.1, 0.15) is 5.82 Å². The van der Waals surface area contributed by atoms with Crippen LogP contribution in [0.4, 0.5) is 10.6 Å². The lowest BCUT2D eigenvalue weighted by Crippen LogP contribution is -2.31. The molecule has 2 aromatic rings. The highest BCUT2D eigenvalue weighted by molar-refractivity contribution is 5.88. The summed E-state index contributed by atoms with van der Waals surface area (Å²) in [7, 11) is 0. The van der Waals surface area contributed by atoms with Gasteiger partial charge in [-0.2, -0.15) is 0 Å². The molecule has 0 saturated heterocycles. The zero-order valence-electron chi connectivity index (χ0n) is 12.9. The number of nitrogens with zero attached hydrogens (tertiary/aromatic N) is 1. The lowest BCUT2D eigenvalue weighted by atomic mass is 10.1. The van der Waals surface area contributed by atoms with Crippen LogP contribution in [0.25, 0.3) is 0 Å². The molecule has 0 radical (unpaired) electrons. The van der Waals surface area contributed by atoms with Crippen LogP contribution in [-0.2, 0) is 0 Å². The van der Waals surface area contributed by atoms with E-state index >= 15 is 0 Å². The largest absolute Gasteiger partial charge is 0.490 e. The molecule has 6 nitrogen and oxygen atoms in total. The van der Waals surface area contributed by atoms with E-state index in [2.05, 4.69) is 15.6 Å². The topological polar surface area (TPSA) is 72.5 Å². The summed E-state index contributed by atoms with van der Waals surface area (Å²) < 4.78 is 11.3. The van der Waals surface area contributed by atoms with E-state index in [-0.39, 0.29) is 12.1 Å². The summed E-state index contributed by atoms with van der Waals surface area (Å²) in [6, 6.07) is 10.6. The fourth-order valence-electron chi connectivity index (χ4n) is 2.32. The fourth-order valence-corrected chi connectivity index (χ4v) is 2.32. The van der Waals surface area contributed by atoms with Gasteiger partial charge in [0, 0.05) is 12.6 Å². The second kappa shape index (κ2) is 7.00. The monoisotopic (exact) mass is 313 g/mol. The zero-order valence-corrected chi connectivity index (χ0v) is 12.9. The Morgan fingerprint density at radius 1 is 1.17 bits per heavy atom. The van der Waals surface area contributed by atoms with Crippen molar-refractivity contribution in [1.29, 1.82) is 0 Å². The Kier molecular flexibility index (Phi) is 4.61. The summed E-state index contributed by atoms with van der Waals surface area (Å²) in [4.78, 5) is 16.1. The van der Waals surface area contributed by atoms with E-state index in [1.165, 1.54) is 0 Å². The van der Waals surface area contributed by atoms with Gasteiger partial charge in [0.05, 0.1) is 19.3 Å². The number of fused-ring (bicyclic) bond motifs is 1. The number of anilines is 1. The molecule has 1 aliphatic rings. The Morgan fingerprint density at radius 3 is 2.78 bits per heavy atom. The van der Waals surface area contributed by atoms with Gasteiger partial charge in [-0.15, -0.1) is 0 Å². The van der Waals surface area contributed by atoms with Crippen LogP contribution < -0.4 is 20.1 Å². The summed E-state index contributed by atoms with van der Waals surface area (Å²) in [5, 5.41) is 5.58. The number of pyridine rings is 1. The van der Waals surface area contributed by atoms with Crippen molar-refractivity contribution in [3.8, 4) is 11.5 Å². The number of rotatable bonds is 3. The molecule has 3 rings (SSSR count). The summed E-state index contributed by atoms with van der Waals surface area (Å²) >= 11 is 0. The Morgan fingerprint density at radius 2 is 2.00 bits per heavy atom. The molecule has 1 aromatic heterocycles. The normalized spacial score (nSPS) is 14.5. The average molecular weight is 313 g/mol. The van der Waals surface area contributed by atoms with Crippen LogP contribution in [0, 0.1) is 0 Å².